The lowest BCUT2D eigenvalue weighted by molar-refractivity contribution is -0.178. The molecule has 108 valence electrons. The Hall–Kier alpha value is -1.36. The van der Waals surface area contributed by atoms with E-state index in [9.17, 15) is 9.59 Å². The Labute approximate surface area is 114 Å². The molecule has 0 radical (unpaired) electrons. The molecule has 0 aromatic heterocycles. The highest BCUT2D eigenvalue weighted by Gasteiger charge is 2.56. The summed E-state index contributed by atoms with van der Waals surface area (Å²) in [5.74, 6) is -1.09. The van der Waals surface area contributed by atoms with Crippen molar-refractivity contribution in [2.75, 3.05) is 20.2 Å². The highest BCUT2D eigenvalue weighted by Crippen LogP contribution is 2.33. The molecular weight excluding hydrogens is 246 g/mol. The van der Waals surface area contributed by atoms with Gasteiger partial charge in [0.1, 0.15) is 5.60 Å². The predicted molar refractivity (Wildman–Crippen MR) is 71.6 cm³/mol. The van der Waals surface area contributed by atoms with E-state index >= 15 is 0 Å². The Morgan fingerprint density at radius 2 is 2.00 bits per heavy atom. The van der Waals surface area contributed by atoms with Crippen LogP contribution in [-0.2, 0) is 19.1 Å². The molecule has 1 aliphatic rings. The van der Waals surface area contributed by atoms with E-state index in [4.69, 9.17) is 9.47 Å². The number of methoxy groups -OCH3 is 1. The summed E-state index contributed by atoms with van der Waals surface area (Å²) in [6.07, 6.45) is 2.85. The van der Waals surface area contributed by atoms with E-state index in [-0.39, 0.29) is 0 Å². The van der Waals surface area contributed by atoms with Crippen molar-refractivity contribution in [3.63, 3.8) is 0 Å². The number of hydrogen-bond donors (Lipinski definition) is 0. The molecule has 5 heteroatoms. The van der Waals surface area contributed by atoms with Gasteiger partial charge in [0.05, 0.1) is 7.11 Å². The number of ether oxygens (including phenoxy) is 2. The van der Waals surface area contributed by atoms with Gasteiger partial charge in [-0.3, -0.25) is 4.90 Å². The fourth-order valence-electron chi connectivity index (χ4n) is 2.35. The van der Waals surface area contributed by atoms with Crippen molar-refractivity contribution in [2.45, 2.75) is 44.8 Å². The van der Waals surface area contributed by atoms with Gasteiger partial charge < -0.3 is 9.47 Å². The maximum atomic E-state index is 12.5. The van der Waals surface area contributed by atoms with E-state index in [0.717, 1.165) is 6.42 Å². The van der Waals surface area contributed by atoms with Crippen LogP contribution in [-0.4, -0.2) is 48.2 Å². The highest BCUT2D eigenvalue weighted by atomic mass is 16.6. The zero-order valence-electron chi connectivity index (χ0n) is 12.2. The van der Waals surface area contributed by atoms with Crippen molar-refractivity contribution >= 4 is 11.9 Å². The number of nitrogens with zero attached hydrogens (tertiary/aromatic N) is 1. The van der Waals surface area contributed by atoms with Gasteiger partial charge in [-0.15, -0.1) is 6.58 Å². The first kappa shape index (κ1) is 15.7. The first-order chi connectivity index (χ1) is 8.78. The van der Waals surface area contributed by atoms with Gasteiger partial charge in [0, 0.05) is 13.1 Å². The third-order valence-electron chi connectivity index (χ3n) is 3.12. The predicted octanol–water partition coefficient (Wildman–Crippen LogP) is 1.52. The van der Waals surface area contributed by atoms with E-state index < -0.39 is 23.1 Å². The summed E-state index contributed by atoms with van der Waals surface area (Å²) < 4.78 is 10.2. The fraction of sp³-hybridized carbons (Fsp3) is 0.714. The summed E-state index contributed by atoms with van der Waals surface area (Å²) in [6.45, 7) is 10.1. The summed E-state index contributed by atoms with van der Waals surface area (Å²) in [6, 6.07) is 0. The molecule has 0 amide bonds. The number of rotatable bonds is 4. The molecule has 1 rings (SSSR count). The van der Waals surface area contributed by atoms with Gasteiger partial charge in [0.2, 0.25) is 5.54 Å². The topological polar surface area (TPSA) is 55.8 Å². The van der Waals surface area contributed by atoms with E-state index in [2.05, 4.69) is 6.58 Å². The maximum absolute atomic E-state index is 12.5. The van der Waals surface area contributed by atoms with Gasteiger partial charge >= 0.3 is 11.9 Å². The Morgan fingerprint density at radius 3 is 2.47 bits per heavy atom. The van der Waals surface area contributed by atoms with Crippen molar-refractivity contribution in [1.82, 2.24) is 4.90 Å². The molecule has 1 aliphatic heterocycles. The zero-order chi connectivity index (χ0) is 14.7. The standard InChI is InChI=1S/C14H23NO4/c1-6-9-15-10-7-8-14(15,11(16)18-5)12(17)19-13(2,3)4/h6H,1,7-10H2,2-5H3/t14-/m0/s1. The van der Waals surface area contributed by atoms with Crippen LogP contribution in [0.5, 0.6) is 0 Å². The van der Waals surface area contributed by atoms with Gasteiger partial charge in [-0.25, -0.2) is 9.59 Å². The van der Waals surface area contributed by atoms with Crippen LogP contribution < -0.4 is 0 Å². The Bertz CT molecular complexity index is 372. The number of esters is 2. The van der Waals surface area contributed by atoms with Gasteiger partial charge in [-0.05, 0) is 33.6 Å². The Morgan fingerprint density at radius 1 is 1.37 bits per heavy atom. The number of carbonyl (C=O) groups excluding carboxylic acids is 2. The van der Waals surface area contributed by atoms with E-state index in [1.807, 2.05) is 0 Å². The SMILES string of the molecule is C=CCN1CCC[C@]1(C(=O)OC)C(=O)OC(C)(C)C. The van der Waals surface area contributed by atoms with Crippen molar-refractivity contribution in [1.29, 1.82) is 0 Å². The first-order valence-electron chi connectivity index (χ1n) is 6.45. The van der Waals surface area contributed by atoms with E-state index in [1.54, 1.807) is 31.7 Å². The summed E-state index contributed by atoms with van der Waals surface area (Å²) in [5.41, 5.74) is -1.96. The Balaban J connectivity index is 3.09. The molecule has 1 atom stereocenters. The molecule has 1 heterocycles. The molecule has 0 spiro atoms. The summed E-state index contributed by atoms with van der Waals surface area (Å²) in [4.78, 5) is 26.4. The minimum Gasteiger partial charge on any atom is -0.467 e. The van der Waals surface area contributed by atoms with Crippen LogP contribution in [0.2, 0.25) is 0 Å². The van der Waals surface area contributed by atoms with Crippen LogP contribution in [0.1, 0.15) is 33.6 Å². The summed E-state index contributed by atoms with van der Waals surface area (Å²) in [5, 5.41) is 0. The van der Waals surface area contributed by atoms with Crippen molar-refractivity contribution < 1.29 is 19.1 Å². The van der Waals surface area contributed by atoms with Gasteiger partial charge in [0.25, 0.3) is 0 Å². The molecule has 0 unspecified atom stereocenters. The third-order valence-corrected chi connectivity index (χ3v) is 3.12. The lowest BCUT2D eigenvalue weighted by Crippen LogP contribution is -2.58. The zero-order valence-corrected chi connectivity index (χ0v) is 12.2. The third kappa shape index (κ3) is 3.15. The summed E-state index contributed by atoms with van der Waals surface area (Å²) in [7, 11) is 1.29. The molecule has 0 N–H and O–H groups in total. The highest BCUT2D eigenvalue weighted by molar-refractivity contribution is 6.05. The minimum absolute atomic E-state index is 0.419. The molecule has 0 bridgehead atoms. The number of likely N-dealkylation sites (tertiary alicyclic amines) is 1. The average molecular weight is 269 g/mol. The quantitative estimate of drug-likeness (QED) is 0.440. The van der Waals surface area contributed by atoms with E-state index in [1.165, 1.54) is 7.11 Å². The van der Waals surface area contributed by atoms with Crippen LogP contribution in [0, 0.1) is 0 Å². The monoisotopic (exact) mass is 269 g/mol. The molecule has 19 heavy (non-hydrogen) atoms. The summed E-state index contributed by atoms with van der Waals surface area (Å²) >= 11 is 0. The van der Waals surface area contributed by atoms with Crippen LogP contribution in [0.15, 0.2) is 12.7 Å². The molecule has 0 saturated carbocycles. The molecular formula is C14H23NO4. The number of carbonyl (C=O) groups is 2. The van der Waals surface area contributed by atoms with Crippen LogP contribution in [0.25, 0.3) is 0 Å². The molecule has 5 nitrogen and oxygen atoms in total. The maximum Gasteiger partial charge on any atom is 0.338 e. The van der Waals surface area contributed by atoms with Crippen molar-refractivity contribution in [2.24, 2.45) is 0 Å². The molecule has 0 aromatic rings. The molecule has 0 aromatic carbocycles. The lowest BCUT2D eigenvalue weighted by Gasteiger charge is -2.35. The molecule has 1 fully saturated rings. The van der Waals surface area contributed by atoms with Gasteiger partial charge in [0.15, 0.2) is 0 Å². The smallest absolute Gasteiger partial charge is 0.338 e. The van der Waals surface area contributed by atoms with Gasteiger partial charge in [-0.1, -0.05) is 6.08 Å². The second-order valence-corrected chi connectivity index (χ2v) is 5.69. The minimum atomic E-state index is -1.32. The second kappa shape index (κ2) is 5.74. The Kier molecular flexibility index (Phi) is 4.74. The second-order valence-electron chi connectivity index (χ2n) is 5.69. The molecule has 1 saturated heterocycles. The fourth-order valence-corrected chi connectivity index (χ4v) is 2.35. The van der Waals surface area contributed by atoms with Crippen LogP contribution in [0.3, 0.4) is 0 Å². The van der Waals surface area contributed by atoms with Gasteiger partial charge in [-0.2, -0.15) is 0 Å². The lowest BCUT2D eigenvalue weighted by atomic mass is 9.95. The van der Waals surface area contributed by atoms with Crippen molar-refractivity contribution in [3.8, 4) is 0 Å². The van der Waals surface area contributed by atoms with Crippen LogP contribution in [0.4, 0.5) is 0 Å². The molecule has 0 aliphatic carbocycles. The normalized spacial score (nSPS) is 24.0. The van der Waals surface area contributed by atoms with E-state index in [0.29, 0.717) is 19.5 Å². The number of hydrogen-bond acceptors (Lipinski definition) is 5. The van der Waals surface area contributed by atoms with Crippen molar-refractivity contribution in [3.05, 3.63) is 12.7 Å². The largest absolute Gasteiger partial charge is 0.467 e. The first-order valence-corrected chi connectivity index (χ1v) is 6.45. The van der Waals surface area contributed by atoms with Crippen LogP contribution >= 0.6 is 0 Å². The average Bonchev–Trinajstić information content (AvgIpc) is 2.71.